The van der Waals surface area contributed by atoms with E-state index in [9.17, 15) is 14.7 Å². The highest BCUT2D eigenvalue weighted by atomic mass is 16.4. The normalized spacial score (nSPS) is 13.3. The van der Waals surface area contributed by atoms with Gasteiger partial charge in [-0.2, -0.15) is 0 Å². The highest BCUT2D eigenvalue weighted by Gasteiger charge is 2.31. The second kappa shape index (κ2) is 9.26. The van der Waals surface area contributed by atoms with E-state index in [2.05, 4.69) is 20.5 Å². The number of anilines is 2. The molecule has 176 valence electrons. The summed E-state index contributed by atoms with van der Waals surface area (Å²) >= 11 is 0. The van der Waals surface area contributed by atoms with Crippen molar-refractivity contribution in [2.24, 2.45) is 0 Å². The number of nitrogens with two attached hydrogens (primary N) is 1. The van der Waals surface area contributed by atoms with Crippen molar-refractivity contribution in [3.63, 3.8) is 0 Å². The van der Waals surface area contributed by atoms with Crippen LogP contribution < -0.4 is 16.0 Å². The van der Waals surface area contributed by atoms with Gasteiger partial charge < -0.3 is 25.5 Å². The molecular formula is C25H22N6O4. The van der Waals surface area contributed by atoms with E-state index in [1.54, 1.807) is 42.7 Å². The Balaban J connectivity index is 1.55. The molecule has 35 heavy (non-hydrogen) atoms. The van der Waals surface area contributed by atoms with Crippen molar-refractivity contribution in [2.45, 2.75) is 12.5 Å². The molecule has 2 aromatic carbocycles. The third kappa shape index (κ3) is 4.54. The number of carbonyl (C=O) groups excluding carboxylic acids is 1. The monoisotopic (exact) mass is 470 g/mol. The van der Waals surface area contributed by atoms with E-state index in [4.69, 9.17) is 10.2 Å². The Hall–Kier alpha value is -4.73. The van der Waals surface area contributed by atoms with Gasteiger partial charge in [-0.05, 0) is 47.4 Å². The maximum atomic E-state index is 13.2. The Morgan fingerprint density at radius 2 is 1.86 bits per heavy atom. The Labute approximate surface area is 200 Å². The number of hydrogen-bond donors (Lipinski definition) is 3. The summed E-state index contributed by atoms with van der Waals surface area (Å²) in [6.07, 6.45) is 2.81. The molecule has 4 aromatic rings. The van der Waals surface area contributed by atoms with E-state index >= 15 is 0 Å². The van der Waals surface area contributed by atoms with Crippen LogP contribution in [0.5, 0.6) is 0 Å². The van der Waals surface area contributed by atoms with E-state index < -0.39 is 12.1 Å². The van der Waals surface area contributed by atoms with Gasteiger partial charge in [0, 0.05) is 42.3 Å². The van der Waals surface area contributed by atoms with Gasteiger partial charge in [0.1, 0.15) is 6.04 Å². The van der Waals surface area contributed by atoms with Crippen LogP contribution in [-0.4, -0.2) is 51.3 Å². The van der Waals surface area contributed by atoms with Crippen LogP contribution in [0.3, 0.4) is 0 Å². The van der Waals surface area contributed by atoms with E-state index in [0.29, 0.717) is 24.4 Å². The molecule has 2 aromatic heterocycles. The largest absolute Gasteiger partial charge is 0.465 e. The van der Waals surface area contributed by atoms with Gasteiger partial charge in [-0.15, -0.1) is 5.10 Å². The minimum atomic E-state index is -1.26. The summed E-state index contributed by atoms with van der Waals surface area (Å²) in [6.45, 7) is 0.754. The highest BCUT2D eigenvalue weighted by molar-refractivity contribution is 6.02. The van der Waals surface area contributed by atoms with Crippen molar-refractivity contribution < 1.29 is 19.1 Å². The predicted molar refractivity (Wildman–Crippen MR) is 129 cm³/mol. The number of aromatic nitrogens is 3. The first-order chi connectivity index (χ1) is 17.0. The molecule has 1 unspecified atom stereocenters. The van der Waals surface area contributed by atoms with Gasteiger partial charge in [-0.1, -0.05) is 35.4 Å². The zero-order chi connectivity index (χ0) is 24.4. The van der Waals surface area contributed by atoms with Crippen LogP contribution in [0.25, 0.3) is 22.6 Å². The average Bonchev–Trinajstić information content (AvgIpc) is 3.49. The number of rotatable bonds is 7. The summed E-state index contributed by atoms with van der Waals surface area (Å²) in [6, 6.07) is 15.4. The highest BCUT2D eigenvalue weighted by Crippen LogP contribution is 2.40. The number of hydrogen-bond acceptors (Lipinski definition) is 8. The van der Waals surface area contributed by atoms with Gasteiger partial charge in [0.2, 0.25) is 5.89 Å². The number of nitrogens with one attached hydrogen (secondary N) is 1. The second-order valence-electron chi connectivity index (χ2n) is 8.13. The van der Waals surface area contributed by atoms with Crippen LogP contribution in [0.1, 0.15) is 15.9 Å². The Morgan fingerprint density at radius 1 is 1.09 bits per heavy atom. The molecule has 1 aliphatic rings. The van der Waals surface area contributed by atoms with Crippen LogP contribution in [0.2, 0.25) is 0 Å². The summed E-state index contributed by atoms with van der Waals surface area (Å²) in [5.41, 5.74) is 10.5. The molecule has 0 radical (unpaired) electrons. The molecule has 4 N–H and O–H groups in total. The van der Waals surface area contributed by atoms with Crippen molar-refractivity contribution in [2.75, 3.05) is 23.7 Å². The smallest absolute Gasteiger partial charge is 0.405 e. The maximum Gasteiger partial charge on any atom is 0.405 e. The first-order valence-corrected chi connectivity index (χ1v) is 11.0. The third-order valence-corrected chi connectivity index (χ3v) is 5.96. The summed E-state index contributed by atoms with van der Waals surface area (Å²) in [5, 5.41) is 19.7. The standard InChI is InChI=1S/C25H22N6O4/c26-24-30-29-23(35-24)19-12-17(15-6-9-27-10-7-15)13-21-18(19)8-11-31(21)14-20(28-25(33)34)22(32)16-4-2-1-3-5-16/h1-7,9-10,12-13,20,28H,8,11,14H2,(H2,26,30)(H,33,34). The average molecular weight is 470 g/mol. The fourth-order valence-corrected chi connectivity index (χ4v) is 4.37. The molecule has 10 heteroatoms. The number of pyridine rings is 1. The first-order valence-electron chi connectivity index (χ1n) is 11.0. The fraction of sp³-hybridized carbons (Fsp3) is 0.160. The van der Waals surface area contributed by atoms with Gasteiger partial charge in [-0.25, -0.2) is 4.79 Å². The van der Waals surface area contributed by atoms with Crippen molar-refractivity contribution in [1.82, 2.24) is 20.5 Å². The second-order valence-corrected chi connectivity index (χ2v) is 8.13. The van der Waals surface area contributed by atoms with Gasteiger partial charge in [-0.3, -0.25) is 9.78 Å². The molecule has 1 aliphatic heterocycles. The van der Waals surface area contributed by atoms with E-state index in [1.807, 2.05) is 29.2 Å². The molecule has 0 aliphatic carbocycles. The number of benzene rings is 2. The molecule has 0 bridgehead atoms. The minimum absolute atomic E-state index is 0.0305. The van der Waals surface area contributed by atoms with E-state index in [-0.39, 0.29) is 18.3 Å². The lowest BCUT2D eigenvalue weighted by atomic mass is 9.97. The van der Waals surface area contributed by atoms with Crippen LogP contribution in [0.15, 0.2) is 71.4 Å². The number of nitrogens with zero attached hydrogens (tertiary/aromatic N) is 4. The molecule has 5 rings (SSSR count). The topological polar surface area (TPSA) is 147 Å². The number of ketones is 1. The summed E-state index contributed by atoms with van der Waals surface area (Å²) in [4.78, 5) is 30.8. The number of fused-ring (bicyclic) bond motifs is 1. The van der Waals surface area contributed by atoms with Crippen molar-refractivity contribution in [1.29, 1.82) is 0 Å². The zero-order valence-corrected chi connectivity index (χ0v) is 18.6. The molecule has 0 saturated heterocycles. The van der Waals surface area contributed by atoms with Crippen LogP contribution >= 0.6 is 0 Å². The van der Waals surface area contributed by atoms with Crippen molar-refractivity contribution in [3.8, 4) is 22.6 Å². The number of nitrogen functional groups attached to an aromatic ring is 1. The lowest BCUT2D eigenvalue weighted by molar-refractivity contribution is 0.0939. The van der Waals surface area contributed by atoms with Gasteiger partial charge in [0.05, 0.1) is 0 Å². The minimum Gasteiger partial charge on any atom is -0.465 e. The van der Waals surface area contributed by atoms with E-state index in [0.717, 1.165) is 27.9 Å². The van der Waals surface area contributed by atoms with Crippen molar-refractivity contribution >= 4 is 23.6 Å². The number of amides is 1. The maximum absolute atomic E-state index is 13.2. The molecule has 10 nitrogen and oxygen atoms in total. The Morgan fingerprint density at radius 3 is 2.54 bits per heavy atom. The van der Waals surface area contributed by atoms with Crippen LogP contribution in [-0.2, 0) is 6.42 Å². The molecule has 1 amide bonds. The summed E-state index contributed by atoms with van der Waals surface area (Å²) in [5.74, 6) is 0.00807. The van der Waals surface area contributed by atoms with Crippen LogP contribution in [0.4, 0.5) is 16.5 Å². The fourth-order valence-electron chi connectivity index (χ4n) is 4.37. The number of Topliss-reactive ketones (excluding diaryl/α,β-unsaturated/α-hetero) is 1. The van der Waals surface area contributed by atoms with Gasteiger partial charge in [0.25, 0.3) is 0 Å². The number of carboxylic acid groups (broad SMARTS) is 1. The zero-order valence-electron chi connectivity index (χ0n) is 18.6. The lowest BCUT2D eigenvalue weighted by Gasteiger charge is -2.26. The summed E-state index contributed by atoms with van der Waals surface area (Å²) < 4.78 is 5.53. The molecule has 0 spiro atoms. The molecule has 0 saturated carbocycles. The molecule has 1 atom stereocenters. The Kier molecular flexibility index (Phi) is 5.84. The molecule has 3 heterocycles. The van der Waals surface area contributed by atoms with Crippen molar-refractivity contribution in [3.05, 3.63) is 78.1 Å². The lowest BCUT2D eigenvalue weighted by Crippen LogP contribution is -2.48. The van der Waals surface area contributed by atoms with Crippen LogP contribution in [0, 0.1) is 0 Å². The SMILES string of the molecule is Nc1nnc(-c2cc(-c3ccncc3)cc3c2CCN3CC(NC(=O)O)C(=O)c2ccccc2)o1. The van der Waals surface area contributed by atoms with Gasteiger partial charge >= 0.3 is 12.1 Å². The molecular weight excluding hydrogens is 448 g/mol. The first kappa shape index (κ1) is 22.1. The number of carbonyl (C=O) groups is 2. The van der Waals surface area contributed by atoms with E-state index in [1.165, 1.54) is 0 Å². The van der Waals surface area contributed by atoms with Gasteiger partial charge in [0.15, 0.2) is 5.78 Å². The quantitative estimate of drug-likeness (QED) is 0.346. The Bertz CT molecular complexity index is 1370. The predicted octanol–water partition coefficient (Wildman–Crippen LogP) is 3.26. The summed E-state index contributed by atoms with van der Waals surface area (Å²) in [7, 11) is 0. The third-order valence-electron chi connectivity index (χ3n) is 5.96. The molecule has 0 fully saturated rings.